The number of amides is 1. The number of ether oxygens (including phenoxy) is 1. The van der Waals surface area contributed by atoms with E-state index in [0.29, 0.717) is 10.9 Å². The topological polar surface area (TPSA) is 67.0 Å². The molecule has 4 rings (SSSR count). The summed E-state index contributed by atoms with van der Waals surface area (Å²) in [7, 11) is 0. The molecule has 2 N–H and O–H groups in total. The highest BCUT2D eigenvalue weighted by molar-refractivity contribution is 7.14. The number of nitrogens with zero attached hydrogens (tertiary/aromatic N) is 1. The summed E-state index contributed by atoms with van der Waals surface area (Å²) < 4.78 is 5.52. The normalized spacial score (nSPS) is 10.8. The second-order valence-electron chi connectivity index (χ2n) is 5.94. The zero-order chi connectivity index (χ0) is 17.9. The fraction of sp³-hybridized carbons (Fsp3) is 0.100. The fourth-order valence-corrected chi connectivity index (χ4v) is 3.47. The highest BCUT2D eigenvalue weighted by atomic mass is 32.1. The van der Waals surface area contributed by atoms with Crippen LogP contribution in [0.1, 0.15) is 5.56 Å². The van der Waals surface area contributed by atoms with E-state index in [1.807, 2.05) is 61.0 Å². The smallest absolute Gasteiger partial charge is 0.264 e. The molecule has 0 atom stereocenters. The third kappa shape index (κ3) is 3.45. The van der Waals surface area contributed by atoms with Crippen molar-refractivity contribution in [1.82, 2.24) is 9.97 Å². The zero-order valence-corrected chi connectivity index (χ0v) is 15.0. The van der Waals surface area contributed by atoms with Crippen molar-refractivity contribution in [2.45, 2.75) is 6.92 Å². The lowest BCUT2D eigenvalue weighted by molar-refractivity contribution is -0.118. The Morgan fingerprint density at radius 3 is 3.00 bits per heavy atom. The Bertz CT molecular complexity index is 1070. The predicted molar refractivity (Wildman–Crippen MR) is 105 cm³/mol. The summed E-state index contributed by atoms with van der Waals surface area (Å²) in [6, 6.07) is 15.7. The number of aromatic amines is 1. The average molecular weight is 363 g/mol. The van der Waals surface area contributed by atoms with Crippen LogP contribution in [0.15, 0.2) is 60.1 Å². The maximum absolute atomic E-state index is 12.1. The van der Waals surface area contributed by atoms with E-state index < -0.39 is 0 Å². The average Bonchev–Trinajstić information content (AvgIpc) is 3.26. The van der Waals surface area contributed by atoms with Gasteiger partial charge in [0.05, 0.1) is 5.69 Å². The number of para-hydroxylation sites is 1. The van der Waals surface area contributed by atoms with Gasteiger partial charge in [-0.15, -0.1) is 11.3 Å². The van der Waals surface area contributed by atoms with Crippen molar-refractivity contribution in [3.05, 3.63) is 65.7 Å². The van der Waals surface area contributed by atoms with Crippen LogP contribution in [0, 0.1) is 6.92 Å². The van der Waals surface area contributed by atoms with E-state index in [2.05, 4.69) is 21.4 Å². The molecule has 5 nitrogen and oxygen atoms in total. The first-order chi connectivity index (χ1) is 12.7. The Kier molecular flexibility index (Phi) is 4.41. The van der Waals surface area contributed by atoms with Crippen LogP contribution in [0.3, 0.4) is 0 Å². The number of rotatable bonds is 5. The second-order valence-corrected chi connectivity index (χ2v) is 6.80. The minimum atomic E-state index is -0.230. The van der Waals surface area contributed by atoms with Gasteiger partial charge < -0.3 is 9.72 Å². The van der Waals surface area contributed by atoms with Gasteiger partial charge in [0.25, 0.3) is 5.91 Å². The second kappa shape index (κ2) is 7.01. The van der Waals surface area contributed by atoms with Crippen molar-refractivity contribution in [2.75, 3.05) is 11.9 Å². The Hall–Kier alpha value is -3.12. The molecule has 0 radical (unpaired) electrons. The molecule has 0 spiro atoms. The van der Waals surface area contributed by atoms with E-state index >= 15 is 0 Å². The monoisotopic (exact) mass is 363 g/mol. The Labute approximate surface area is 154 Å². The third-order valence-electron chi connectivity index (χ3n) is 3.98. The van der Waals surface area contributed by atoms with Gasteiger partial charge in [-0.05, 0) is 30.7 Å². The van der Waals surface area contributed by atoms with E-state index in [-0.39, 0.29) is 12.5 Å². The Balaban J connectivity index is 1.42. The molecule has 0 unspecified atom stereocenters. The van der Waals surface area contributed by atoms with Crippen molar-refractivity contribution in [3.8, 4) is 17.0 Å². The maximum Gasteiger partial charge on any atom is 0.264 e. The van der Waals surface area contributed by atoms with E-state index in [0.717, 1.165) is 27.7 Å². The molecular formula is C20H17N3O2S. The fourth-order valence-electron chi connectivity index (χ4n) is 2.75. The molecule has 0 aliphatic heterocycles. The molecule has 6 heteroatoms. The van der Waals surface area contributed by atoms with Gasteiger partial charge >= 0.3 is 0 Å². The summed E-state index contributed by atoms with van der Waals surface area (Å²) in [5.74, 6) is 0.449. The molecule has 0 aliphatic rings. The molecule has 0 fully saturated rings. The Morgan fingerprint density at radius 2 is 2.12 bits per heavy atom. The number of hydrogen-bond acceptors (Lipinski definition) is 4. The molecule has 4 aromatic rings. The van der Waals surface area contributed by atoms with Gasteiger partial charge in [0.2, 0.25) is 0 Å². The van der Waals surface area contributed by atoms with E-state index in [1.165, 1.54) is 11.3 Å². The lowest BCUT2D eigenvalue weighted by atomic mass is 10.1. The molecule has 2 aromatic heterocycles. The van der Waals surface area contributed by atoms with Crippen LogP contribution in [0.4, 0.5) is 5.13 Å². The number of fused-ring (bicyclic) bond motifs is 1. The number of aromatic nitrogens is 2. The molecule has 1 amide bonds. The predicted octanol–water partition coefficient (Wildman–Crippen LogP) is 4.62. The number of carbonyl (C=O) groups is 1. The summed E-state index contributed by atoms with van der Waals surface area (Å²) in [4.78, 5) is 19.9. The quantitative estimate of drug-likeness (QED) is 0.544. The first-order valence-electron chi connectivity index (χ1n) is 8.20. The molecule has 0 saturated heterocycles. The van der Waals surface area contributed by atoms with Crippen LogP contribution >= 0.6 is 11.3 Å². The molecule has 0 aliphatic carbocycles. The number of benzene rings is 2. The summed E-state index contributed by atoms with van der Waals surface area (Å²) in [5, 5.41) is 6.40. The van der Waals surface area contributed by atoms with Gasteiger partial charge in [-0.2, -0.15) is 0 Å². The van der Waals surface area contributed by atoms with Crippen molar-refractivity contribution in [1.29, 1.82) is 0 Å². The number of carbonyl (C=O) groups excluding carboxylic acids is 1. The van der Waals surface area contributed by atoms with Crippen LogP contribution in [0.2, 0.25) is 0 Å². The minimum Gasteiger partial charge on any atom is -0.484 e. The molecule has 0 saturated carbocycles. The zero-order valence-electron chi connectivity index (χ0n) is 14.2. The first kappa shape index (κ1) is 16.4. The highest BCUT2D eigenvalue weighted by Crippen LogP contribution is 2.30. The largest absolute Gasteiger partial charge is 0.484 e. The first-order valence-corrected chi connectivity index (χ1v) is 9.08. The highest BCUT2D eigenvalue weighted by Gasteiger charge is 2.12. The minimum absolute atomic E-state index is 0.0501. The summed E-state index contributed by atoms with van der Waals surface area (Å²) in [6.45, 7) is 1.93. The number of nitrogens with one attached hydrogen (secondary N) is 2. The van der Waals surface area contributed by atoms with Gasteiger partial charge in [0.1, 0.15) is 5.75 Å². The maximum atomic E-state index is 12.1. The van der Waals surface area contributed by atoms with Gasteiger partial charge in [0, 0.05) is 28.0 Å². The van der Waals surface area contributed by atoms with Crippen LogP contribution in [0.5, 0.6) is 5.75 Å². The summed E-state index contributed by atoms with van der Waals surface area (Å²) >= 11 is 1.40. The third-order valence-corrected chi connectivity index (χ3v) is 4.73. The molecule has 2 heterocycles. The van der Waals surface area contributed by atoms with Crippen molar-refractivity contribution >= 4 is 33.3 Å². The van der Waals surface area contributed by atoms with Gasteiger partial charge in [-0.25, -0.2) is 4.98 Å². The van der Waals surface area contributed by atoms with E-state index in [4.69, 9.17) is 4.74 Å². The van der Waals surface area contributed by atoms with Gasteiger partial charge in [-0.1, -0.05) is 30.3 Å². The van der Waals surface area contributed by atoms with Crippen LogP contribution in [0.25, 0.3) is 22.2 Å². The van der Waals surface area contributed by atoms with Gasteiger partial charge in [0.15, 0.2) is 11.7 Å². The molecule has 2 aromatic carbocycles. The van der Waals surface area contributed by atoms with Crippen LogP contribution < -0.4 is 10.1 Å². The van der Waals surface area contributed by atoms with Crippen molar-refractivity contribution in [3.63, 3.8) is 0 Å². The number of thiazole rings is 1. The molecule has 0 bridgehead atoms. The molecule has 130 valence electrons. The van der Waals surface area contributed by atoms with Crippen molar-refractivity contribution in [2.24, 2.45) is 0 Å². The van der Waals surface area contributed by atoms with E-state index in [1.54, 1.807) is 0 Å². The van der Waals surface area contributed by atoms with Crippen LogP contribution in [-0.4, -0.2) is 22.5 Å². The number of H-pyrrole nitrogens is 1. The van der Waals surface area contributed by atoms with Gasteiger partial charge in [-0.3, -0.25) is 10.1 Å². The summed E-state index contributed by atoms with van der Waals surface area (Å²) in [5.41, 5.74) is 4.01. The lowest BCUT2D eigenvalue weighted by Crippen LogP contribution is -2.20. The number of hydrogen-bond donors (Lipinski definition) is 2. The lowest BCUT2D eigenvalue weighted by Gasteiger charge is -2.06. The van der Waals surface area contributed by atoms with Crippen LogP contribution in [-0.2, 0) is 4.79 Å². The number of aryl methyl sites for hydroxylation is 1. The van der Waals surface area contributed by atoms with Crippen molar-refractivity contribution < 1.29 is 9.53 Å². The van der Waals surface area contributed by atoms with E-state index in [9.17, 15) is 4.79 Å². The molecular weight excluding hydrogens is 346 g/mol. The SMILES string of the molecule is Cc1cccc(OCC(=O)Nc2nc(-c3c[nH]c4ccccc34)cs2)c1. The Morgan fingerprint density at radius 1 is 1.23 bits per heavy atom. The number of anilines is 1. The molecule has 26 heavy (non-hydrogen) atoms. The summed E-state index contributed by atoms with van der Waals surface area (Å²) in [6.07, 6.45) is 1.94. The standard InChI is InChI=1S/C20H17N3O2S/c1-13-5-4-6-14(9-13)25-11-19(24)23-20-22-18(12-26-20)16-10-21-17-8-3-2-7-15(16)17/h2-10,12,21H,11H2,1H3,(H,22,23,24).